The number of carbonyl (C=O) groups excluding carboxylic acids is 1. The van der Waals surface area contributed by atoms with Gasteiger partial charge >= 0.3 is 5.97 Å². The lowest BCUT2D eigenvalue weighted by atomic mass is 10.1. The number of aliphatic hydroxyl groups is 1. The van der Waals surface area contributed by atoms with Crippen LogP contribution in [0.5, 0.6) is 0 Å². The lowest BCUT2D eigenvalue weighted by Gasteiger charge is -1.99. The van der Waals surface area contributed by atoms with Gasteiger partial charge < -0.3 is 9.84 Å². The summed E-state index contributed by atoms with van der Waals surface area (Å²) in [6.07, 6.45) is 12.5. The molecule has 0 aromatic heterocycles. The van der Waals surface area contributed by atoms with Crippen molar-refractivity contribution in [3.63, 3.8) is 0 Å². The molecule has 120 valence electrons. The second-order valence-corrected chi connectivity index (χ2v) is 4.81. The lowest BCUT2D eigenvalue weighted by molar-refractivity contribution is -0.140. The van der Waals surface area contributed by atoms with E-state index in [-0.39, 0.29) is 5.97 Å². The molecule has 0 spiro atoms. The summed E-state index contributed by atoms with van der Waals surface area (Å²) >= 11 is 0. The summed E-state index contributed by atoms with van der Waals surface area (Å²) in [4.78, 5) is 10.9. The van der Waals surface area contributed by atoms with Gasteiger partial charge in [0.25, 0.3) is 0 Å². The van der Waals surface area contributed by atoms with Gasteiger partial charge in [-0.15, -0.1) is 0 Å². The maximum absolute atomic E-state index is 10.9. The summed E-state index contributed by atoms with van der Waals surface area (Å²) < 4.78 is 4.59. The van der Waals surface area contributed by atoms with E-state index in [9.17, 15) is 4.79 Å². The molecule has 3 nitrogen and oxygen atoms in total. The number of rotatable bonds is 10. The molecule has 0 aromatic rings. The van der Waals surface area contributed by atoms with Gasteiger partial charge in [-0.3, -0.25) is 4.79 Å². The predicted molar refractivity (Wildman–Crippen MR) is 89.8 cm³/mol. The van der Waals surface area contributed by atoms with Crippen LogP contribution in [0.15, 0.2) is 24.8 Å². The van der Waals surface area contributed by atoms with Gasteiger partial charge in [-0.1, -0.05) is 55.9 Å². The molecule has 0 bridgehead atoms. The number of carbonyl (C=O) groups is 1. The summed E-state index contributed by atoms with van der Waals surface area (Å²) in [5.74, 6) is 10.6. The highest BCUT2D eigenvalue weighted by atomic mass is 16.5. The molecule has 0 aromatic carbocycles. The third-order valence-corrected chi connectivity index (χ3v) is 2.96. The minimum Gasteiger partial charge on any atom is -0.469 e. The van der Waals surface area contributed by atoms with Gasteiger partial charge in [-0.05, 0) is 31.1 Å². The third kappa shape index (κ3) is 14.4. The lowest BCUT2D eigenvalue weighted by Crippen LogP contribution is -1.98. The maximum atomic E-state index is 10.9. The number of aliphatic hydroxyl groups excluding tert-OH is 1. The SMILES string of the molecule is C=C[C@H](O)C#CC#CC/C=C\CCCCCCCC(=O)OC. The number of ether oxygens (including phenoxy) is 1. The van der Waals surface area contributed by atoms with Crippen LogP contribution in [-0.2, 0) is 9.53 Å². The first-order valence-corrected chi connectivity index (χ1v) is 7.71. The normalized spacial score (nSPS) is 11.0. The molecule has 0 saturated heterocycles. The molecular formula is C19H26O3. The summed E-state index contributed by atoms with van der Waals surface area (Å²) in [6.45, 7) is 3.42. The van der Waals surface area contributed by atoms with Crippen LogP contribution in [0.1, 0.15) is 51.4 Å². The van der Waals surface area contributed by atoms with Crippen molar-refractivity contribution in [2.24, 2.45) is 0 Å². The zero-order valence-corrected chi connectivity index (χ0v) is 13.4. The summed E-state index contributed by atoms with van der Waals surface area (Å²) in [5.41, 5.74) is 0. The van der Waals surface area contributed by atoms with E-state index < -0.39 is 6.10 Å². The van der Waals surface area contributed by atoms with E-state index in [0.717, 1.165) is 32.1 Å². The molecular weight excluding hydrogens is 276 g/mol. The smallest absolute Gasteiger partial charge is 0.305 e. The molecule has 0 fully saturated rings. The average molecular weight is 302 g/mol. The van der Waals surface area contributed by atoms with E-state index in [0.29, 0.717) is 12.8 Å². The maximum Gasteiger partial charge on any atom is 0.305 e. The topological polar surface area (TPSA) is 46.5 Å². The molecule has 0 amide bonds. The number of allylic oxidation sites excluding steroid dienone is 2. The van der Waals surface area contributed by atoms with E-state index in [1.54, 1.807) is 0 Å². The monoisotopic (exact) mass is 302 g/mol. The Labute approximate surface area is 134 Å². The number of hydrogen-bond acceptors (Lipinski definition) is 3. The van der Waals surface area contributed by atoms with Crippen molar-refractivity contribution in [2.45, 2.75) is 57.5 Å². The van der Waals surface area contributed by atoms with Gasteiger partial charge in [0, 0.05) is 12.8 Å². The van der Waals surface area contributed by atoms with Crippen LogP contribution < -0.4 is 0 Å². The molecule has 1 N–H and O–H groups in total. The average Bonchev–Trinajstić information content (AvgIpc) is 2.54. The van der Waals surface area contributed by atoms with E-state index >= 15 is 0 Å². The molecule has 0 aliphatic rings. The predicted octanol–water partition coefficient (Wildman–Crippen LogP) is 3.39. The Morgan fingerprint density at radius 1 is 1.18 bits per heavy atom. The van der Waals surface area contributed by atoms with Gasteiger partial charge in [0.1, 0.15) is 6.10 Å². The van der Waals surface area contributed by atoms with Gasteiger partial charge in [0.2, 0.25) is 0 Å². The Balaban J connectivity index is 3.45. The fourth-order valence-corrected chi connectivity index (χ4v) is 1.69. The fraction of sp³-hybridized carbons (Fsp3) is 0.526. The minimum absolute atomic E-state index is 0.118. The van der Waals surface area contributed by atoms with Crippen molar-refractivity contribution in [2.75, 3.05) is 7.11 Å². The van der Waals surface area contributed by atoms with Gasteiger partial charge in [-0.2, -0.15) is 0 Å². The standard InChI is InChI=1S/C19H26O3/c1-3-18(20)16-14-12-10-8-6-4-5-7-9-11-13-15-17-19(21)22-2/h3-4,6,18,20H,1,5,7-9,11,13,15,17H2,2H3/b6-4-/t18-/m0/s1. The van der Waals surface area contributed by atoms with Crippen LogP contribution in [0.25, 0.3) is 0 Å². The van der Waals surface area contributed by atoms with E-state index in [1.165, 1.54) is 19.6 Å². The van der Waals surface area contributed by atoms with E-state index in [2.05, 4.69) is 41.1 Å². The quantitative estimate of drug-likeness (QED) is 0.291. The molecule has 22 heavy (non-hydrogen) atoms. The molecule has 0 rings (SSSR count). The molecule has 3 heteroatoms. The molecule has 0 heterocycles. The van der Waals surface area contributed by atoms with Crippen molar-refractivity contribution in [3.8, 4) is 23.7 Å². The molecule has 0 radical (unpaired) electrons. The molecule has 0 aliphatic heterocycles. The summed E-state index contributed by atoms with van der Waals surface area (Å²) in [5, 5.41) is 9.08. The summed E-state index contributed by atoms with van der Waals surface area (Å²) in [6, 6.07) is 0. The number of esters is 1. The Bertz CT molecular complexity index is 455. The zero-order valence-electron chi connectivity index (χ0n) is 13.4. The number of hydrogen-bond donors (Lipinski definition) is 1. The van der Waals surface area contributed by atoms with Crippen LogP contribution in [0.3, 0.4) is 0 Å². The van der Waals surface area contributed by atoms with Crippen LogP contribution in [-0.4, -0.2) is 24.3 Å². The van der Waals surface area contributed by atoms with Crippen molar-refractivity contribution >= 4 is 5.97 Å². The molecule has 1 atom stereocenters. The van der Waals surface area contributed by atoms with Crippen LogP contribution >= 0.6 is 0 Å². The van der Waals surface area contributed by atoms with Crippen molar-refractivity contribution in [3.05, 3.63) is 24.8 Å². The second-order valence-electron chi connectivity index (χ2n) is 4.81. The van der Waals surface area contributed by atoms with Crippen molar-refractivity contribution in [1.29, 1.82) is 0 Å². The van der Waals surface area contributed by atoms with Crippen LogP contribution in [0, 0.1) is 23.7 Å². The zero-order chi connectivity index (χ0) is 16.5. The number of unbranched alkanes of at least 4 members (excludes halogenated alkanes) is 5. The van der Waals surface area contributed by atoms with E-state index in [4.69, 9.17) is 5.11 Å². The molecule has 0 saturated carbocycles. The second kappa shape index (κ2) is 15.4. The first kappa shape index (κ1) is 20.0. The Kier molecular flexibility index (Phi) is 14.0. The first-order chi connectivity index (χ1) is 10.7. The van der Waals surface area contributed by atoms with Crippen LogP contribution in [0.4, 0.5) is 0 Å². The van der Waals surface area contributed by atoms with Crippen molar-refractivity contribution in [1.82, 2.24) is 0 Å². The fourth-order valence-electron chi connectivity index (χ4n) is 1.69. The summed E-state index contributed by atoms with van der Waals surface area (Å²) in [7, 11) is 1.43. The van der Waals surface area contributed by atoms with Gasteiger partial charge in [0.15, 0.2) is 0 Å². The van der Waals surface area contributed by atoms with Crippen molar-refractivity contribution < 1.29 is 14.6 Å². The largest absolute Gasteiger partial charge is 0.469 e. The first-order valence-electron chi connectivity index (χ1n) is 7.71. The third-order valence-electron chi connectivity index (χ3n) is 2.96. The van der Waals surface area contributed by atoms with Gasteiger partial charge in [-0.25, -0.2) is 0 Å². The van der Waals surface area contributed by atoms with E-state index in [1.807, 2.05) is 6.08 Å². The Morgan fingerprint density at radius 2 is 1.91 bits per heavy atom. The Hall–Kier alpha value is -1.97. The highest BCUT2D eigenvalue weighted by Crippen LogP contribution is 2.08. The van der Waals surface area contributed by atoms with Crippen LogP contribution in [0.2, 0.25) is 0 Å². The highest BCUT2D eigenvalue weighted by Gasteiger charge is 1.98. The highest BCUT2D eigenvalue weighted by molar-refractivity contribution is 5.68. The molecule has 0 unspecified atom stereocenters. The minimum atomic E-state index is -0.794. The Morgan fingerprint density at radius 3 is 2.64 bits per heavy atom. The van der Waals surface area contributed by atoms with Gasteiger partial charge in [0.05, 0.1) is 7.11 Å². The molecule has 0 aliphatic carbocycles. The number of methoxy groups -OCH3 is 1.